The average molecular weight is 354 g/mol. The molecule has 0 amide bonds. The third-order valence-electron chi connectivity index (χ3n) is 0.813. The smallest absolute Gasteiger partial charge is 0.876 e. The molecule has 6 heteroatoms. The van der Waals surface area contributed by atoms with Crippen molar-refractivity contribution in [2.75, 3.05) is 0 Å². The Hall–Kier alpha value is -0.0486. The second kappa shape index (κ2) is 15.0. The normalized spacial score (nSPS) is 10.0. The van der Waals surface area contributed by atoms with Crippen LogP contribution < -0.4 is 10.2 Å². The molecule has 0 rings (SSSR count). The predicted octanol–water partition coefficient (Wildman–Crippen LogP) is -1.53. The first-order valence-electron chi connectivity index (χ1n) is 3.97. The van der Waals surface area contributed by atoms with Crippen LogP contribution >= 0.6 is 0 Å². The summed E-state index contributed by atoms with van der Waals surface area (Å²) in [5.74, 6) is -0.750. The maximum absolute atomic E-state index is 9.98. The molecule has 0 aromatic carbocycles. The topological polar surface area (TPSA) is 112 Å². The fourth-order valence-corrected chi connectivity index (χ4v) is 0.572. The van der Waals surface area contributed by atoms with Crippen molar-refractivity contribution in [1.82, 2.24) is 0 Å². The van der Waals surface area contributed by atoms with Gasteiger partial charge in [-0.1, -0.05) is 13.8 Å². The zero-order valence-electron chi connectivity index (χ0n) is 9.99. The monoisotopic (exact) mass is 354 g/mol. The second-order valence-corrected chi connectivity index (χ2v) is 2.73. The van der Waals surface area contributed by atoms with Crippen molar-refractivity contribution in [3.63, 3.8) is 0 Å². The van der Waals surface area contributed by atoms with Gasteiger partial charge in [-0.15, -0.1) is 11.5 Å². The van der Waals surface area contributed by atoms with Gasteiger partial charge in [-0.2, -0.15) is 0 Å². The average Bonchev–Trinajstić information content (AvgIpc) is 1.79. The van der Waals surface area contributed by atoms with E-state index in [1.54, 1.807) is 0 Å². The van der Waals surface area contributed by atoms with Crippen LogP contribution in [0.3, 0.4) is 0 Å². The molecule has 0 heterocycles. The molecule has 0 fully saturated rings. The number of allylic oxidation sites excluding steroid dienone is 4. The van der Waals surface area contributed by atoms with Gasteiger partial charge in [0.05, 0.1) is 0 Å². The van der Waals surface area contributed by atoms with Gasteiger partial charge in [0.1, 0.15) is 0 Å². The molecule has 5 nitrogen and oxygen atoms in total. The van der Waals surface area contributed by atoms with E-state index in [9.17, 15) is 19.8 Å². The fourth-order valence-electron chi connectivity index (χ4n) is 0.572. The molecule has 0 radical (unpaired) electrons. The minimum Gasteiger partial charge on any atom is -0.876 e. The molecule has 2 N–H and O–H groups in total. The standard InChI is InChI=1S/2C5H8O2.Ba.H2O/c2*1-4(6)3-5(2)7;;/h2*3,6H,1-2H3;;1H2/q;;+2;/p-2. The maximum Gasteiger partial charge on any atom is 2.00 e. The van der Waals surface area contributed by atoms with Crippen LogP contribution in [0.4, 0.5) is 0 Å². The van der Waals surface area contributed by atoms with Gasteiger partial charge in [0.2, 0.25) is 0 Å². The van der Waals surface area contributed by atoms with Crippen molar-refractivity contribution in [3.05, 3.63) is 23.7 Å². The molecular formula is C10H16BaO5. The Morgan fingerprint density at radius 2 is 1.00 bits per heavy atom. The van der Waals surface area contributed by atoms with Crippen molar-refractivity contribution in [2.24, 2.45) is 0 Å². The van der Waals surface area contributed by atoms with Crippen molar-refractivity contribution >= 4 is 60.4 Å². The van der Waals surface area contributed by atoms with E-state index in [1.165, 1.54) is 27.7 Å². The summed E-state index contributed by atoms with van der Waals surface area (Å²) >= 11 is 0. The zero-order chi connectivity index (χ0) is 11.7. The number of hydrogen-bond acceptors (Lipinski definition) is 4. The van der Waals surface area contributed by atoms with Gasteiger partial charge >= 0.3 is 48.9 Å². The molecule has 88 valence electrons. The summed E-state index contributed by atoms with van der Waals surface area (Å²) in [6.07, 6.45) is 2.11. The Morgan fingerprint density at radius 3 is 1.00 bits per heavy atom. The van der Waals surface area contributed by atoms with E-state index in [4.69, 9.17) is 0 Å². The van der Waals surface area contributed by atoms with Gasteiger partial charge in [-0.3, -0.25) is 9.59 Å². The quantitative estimate of drug-likeness (QED) is 0.341. The molecule has 0 aliphatic heterocycles. The van der Waals surface area contributed by atoms with Gasteiger partial charge in [0.15, 0.2) is 11.6 Å². The third kappa shape index (κ3) is 37.0. The second-order valence-electron chi connectivity index (χ2n) is 2.73. The van der Waals surface area contributed by atoms with Crippen LogP contribution in [0, 0.1) is 0 Å². The number of carbonyl (C=O) groups is 2. The Kier molecular flexibility index (Phi) is 23.3. The minimum absolute atomic E-state index is 0. The number of ketones is 2. The van der Waals surface area contributed by atoms with Gasteiger partial charge in [-0.05, 0) is 26.0 Å². The van der Waals surface area contributed by atoms with Gasteiger partial charge in [0.25, 0.3) is 0 Å². The molecule has 0 spiro atoms. The first-order chi connectivity index (χ1) is 6.25. The van der Waals surface area contributed by atoms with Crippen molar-refractivity contribution in [1.29, 1.82) is 0 Å². The predicted molar refractivity (Wildman–Crippen MR) is 58.2 cm³/mol. The van der Waals surface area contributed by atoms with E-state index in [-0.39, 0.29) is 77.4 Å². The van der Waals surface area contributed by atoms with E-state index < -0.39 is 0 Å². The summed E-state index contributed by atoms with van der Waals surface area (Å²) in [7, 11) is 0. The van der Waals surface area contributed by atoms with Crippen LogP contribution in [-0.2, 0) is 9.59 Å². The zero-order valence-corrected chi connectivity index (χ0v) is 14.4. The Bertz CT molecular complexity index is 232. The van der Waals surface area contributed by atoms with Crippen LogP contribution in [-0.4, -0.2) is 65.9 Å². The van der Waals surface area contributed by atoms with Crippen LogP contribution in [0.1, 0.15) is 27.7 Å². The van der Waals surface area contributed by atoms with Crippen molar-refractivity contribution < 1.29 is 25.3 Å². The van der Waals surface area contributed by atoms with E-state index >= 15 is 0 Å². The van der Waals surface area contributed by atoms with E-state index in [2.05, 4.69) is 0 Å². The van der Waals surface area contributed by atoms with Crippen LogP contribution in [0.2, 0.25) is 0 Å². The van der Waals surface area contributed by atoms with Gasteiger partial charge in [0, 0.05) is 0 Å². The molecule has 0 unspecified atom stereocenters. The summed E-state index contributed by atoms with van der Waals surface area (Å²) in [6.45, 7) is 5.39. The largest absolute Gasteiger partial charge is 2.00 e. The number of carbonyl (C=O) groups excluding carboxylic acids is 2. The summed E-state index contributed by atoms with van der Waals surface area (Å²) < 4.78 is 0. The first-order valence-corrected chi connectivity index (χ1v) is 3.97. The molecule has 0 bridgehead atoms. The molecule has 0 atom stereocenters. The Morgan fingerprint density at radius 1 is 0.812 bits per heavy atom. The van der Waals surface area contributed by atoms with Gasteiger partial charge in [-0.25, -0.2) is 0 Å². The van der Waals surface area contributed by atoms with Crippen LogP contribution in [0.25, 0.3) is 0 Å². The van der Waals surface area contributed by atoms with E-state index in [0.717, 1.165) is 12.2 Å². The van der Waals surface area contributed by atoms with Gasteiger partial charge < -0.3 is 15.7 Å². The summed E-state index contributed by atoms with van der Waals surface area (Å²) in [5.41, 5.74) is 0. The molecule has 0 saturated heterocycles. The SMILES string of the molecule is CC(=O)C=C(C)[O-].CC(=O)C=C(C)[O-].O.[Ba+2]. The summed E-state index contributed by atoms with van der Waals surface area (Å²) in [5, 5.41) is 20.0. The first kappa shape index (κ1) is 25.0. The van der Waals surface area contributed by atoms with Crippen molar-refractivity contribution in [3.8, 4) is 0 Å². The third-order valence-corrected chi connectivity index (χ3v) is 0.813. The summed E-state index contributed by atoms with van der Waals surface area (Å²) in [6, 6.07) is 0. The molecule has 0 aliphatic rings. The number of rotatable bonds is 2. The summed E-state index contributed by atoms with van der Waals surface area (Å²) in [4.78, 5) is 20.0. The molecule has 0 aromatic rings. The molecule has 0 aliphatic carbocycles. The Labute approximate surface area is 136 Å². The van der Waals surface area contributed by atoms with Crippen molar-refractivity contribution in [2.45, 2.75) is 27.7 Å². The molecular weight excluding hydrogens is 337 g/mol. The molecule has 0 aromatic heterocycles. The fraction of sp³-hybridized carbons (Fsp3) is 0.400. The minimum atomic E-state index is -0.187. The molecule has 16 heavy (non-hydrogen) atoms. The van der Waals surface area contributed by atoms with E-state index in [1.807, 2.05) is 0 Å². The van der Waals surface area contributed by atoms with Crippen LogP contribution in [0.5, 0.6) is 0 Å². The molecule has 0 saturated carbocycles. The van der Waals surface area contributed by atoms with Crippen LogP contribution in [0.15, 0.2) is 23.7 Å². The number of hydrogen-bond donors (Lipinski definition) is 0. The van der Waals surface area contributed by atoms with E-state index in [0.29, 0.717) is 0 Å². The maximum atomic E-state index is 9.98. The Balaban J connectivity index is -0.0000000800.